The van der Waals surface area contributed by atoms with Crippen molar-refractivity contribution in [2.24, 2.45) is 5.73 Å². The number of imidazole rings is 1. The molecule has 1 aliphatic rings. The van der Waals surface area contributed by atoms with Crippen molar-refractivity contribution < 1.29 is 4.79 Å². The van der Waals surface area contributed by atoms with Crippen LogP contribution in [0.15, 0.2) is 0 Å². The smallest absolute Gasteiger partial charge is 0.237 e. The summed E-state index contributed by atoms with van der Waals surface area (Å²) in [4.78, 5) is 22.1. The first-order chi connectivity index (χ1) is 9.55. The van der Waals surface area contributed by atoms with Crippen molar-refractivity contribution in [2.45, 2.75) is 52.2 Å². The largest absolute Gasteiger partial charge is 0.355 e. The van der Waals surface area contributed by atoms with Crippen LogP contribution in [0, 0.1) is 6.92 Å². The number of hydrogen-bond donors (Lipinski definition) is 3. The fraction of sp³-hybridized carbons (Fsp3) is 0.714. The van der Waals surface area contributed by atoms with Crippen molar-refractivity contribution in [3.63, 3.8) is 0 Å². The number of carbonyl (C=O) groups excluding carboxylic acids is 1. The van der Waals surface area contributed by atoms with Crippen LogP contribution in [0.2, 0.25) is 0 Å². The Morgan fingerprint density at radius 2 is 2.30 bits per heavy atom. The number of aryl methyl sites for hydroxylation is 2. The van der Waals surface area contributed by atoms with Crippen molar-refractivity contribution >= 4 is 5.91 Å². The van der Waals surface area contributed by atoms with Gasteiger partial charge in [0.1, 0.15) is 5.82 Å². The Hall–Kier alpha value is -1.40. The van der Waals surface area contributed by atoms with E-state index in [2.05, 4.69) is 27.1 Å². The molecule has 1 aromatic rings. The summed E-state index contributed by atoms with van der Waals surface area (Å²) in [6.07, 6.45) is 1.61. The molecule has 1 amide bonds. The van der Waals surface area contributed by atoms with Gasteiger partial charge in [0.05, 0.1) is 11.7 Å². The zero-order chi connectivity index (χ0) is 14.7. The SMILES string of the molecule is CCNC(=O)[C@@H]1C[C@H](N)CN1Cc1nc(CC)[nH]c1C. The predicted molar refractivity (Wildman–Crippen MR) is 78.2 cm³/mol. The highest BCUT2D eigenvalue weighted by molar-refractivity contribution is 5.82. The summed E-state index contributed by atoms with van der Waals surface area (Å²) in [5, 5.41) is 2.89. The Morgan fingerprint density at radius 3 is 2.90 bits per heavy atom. The lowest BCUT2D eigenvalue weighted by Gasteiger charge is -2.22. The Labute approximate surface area is 120 Å². The fourth-order valence-corrected chi connectivity index (χ4v) is 2.76. The van der Waals surface area contributed by atoms with Gasteiger partial charge in [-0.1, -0.05) is 6.92 Å². The average molecular weight is 279 g/mol. The second-order valence-corrected chi connectivity index (χ2v) is 5.44. The molecule has 1 aliphatic heterocycles. The van der Waals surface area contributed by atoms with Gasteiger partial charge in [0.15, 0.2) is 0 Å². The van der Waals surface area contributed by atoms with Crippen LogP contribution in [0.5, 0.6) is 0 Å². The molecule has 20 heavy (non-hydrogen) atoms. The minimum atomic E-state index is -0.133. The number of aromatic amines is 1. The first kappa shape index (κ1) is 15.0. The molecule has 0 aromatic carbocycles. The van der Waals surface area contributed by atoms with Gasteiger partial charge in [0, 0.05) is 37.8 Å². The van der Waals surface area contributed by atoms with Crippen LogP contribution in [0.25, 0.3) is 0 Å². The highest BCUT2D eigenvalue weighted by atomic mass is 16.2. The first-order valence-corrected chi connectivity index (χ1v) is 7.36. The van der Waals surface area contributed by atoms with E-state index in [0.29, 0.717) is 13.1 Å². The van der Waals surface area contributed by atoms with E-state index >= 15 is 0 Å². The number of likely N-dealkylation sites (tertiary alicyclic amines) is 1. The average Bonchev–Trinajstić information content (AvgIpc) is 2.94. The topological polar surface area (TPSA) is 87.0 Å². The number of nitrogens with one attached hydrogen (secondary N) is 2. The molecule has 2 rings (SSSR count). The predicted octanol–water partition coefficient (Wildman–Crippen LogP) is 0.318. The van der Waals surface area contributed by atoms with Crippen LogP contribution in [0.4, 0.5) is 0 Å². The minimum absolute atomic E-state index is 0.0625. The molecular weight excluding hydrogens is 254 g/mol. The van der Waals surface area contributed by atoms with Crippen LogP contribution < -0.4 is 11.1 Å². The van der Waals surface area contributed by atoms with E-state index in [4.69, 9.17) is 5.73 Å². The lowest BCUT2D eigenvalue weighted by molar-refractivity contribution is -0.125. The third-order valence-electron chi connectivity index (χ3n) is 3.81. The van der Waals surface area contributed by atoms with Gasteiger partial charge in [-0.05, 0) is 20.3 Å². The monoisotopic (exact) mass is 279 g/mol. The number of rotatable bonds is 5. The molecule has 2 atom stereocenters. The number of aromatic nitrogens is 2. The van der Waals surface area contributed by atoms with E-state index in [0.717, 1.165) is 36.6 Å². The quantitative estimate of drug-likeness (QED) is 0.724. The highest BCUT2D eigenvalue weighted by Gasteiger charge is 2.35. The van der Waals surface area contributed by atoms with Crippen LogP contribution in [0.1, 0.15) is 37.5 Å². The van der Waals surface area contributed by atoms with Crippen molar-refractivity contribution in [3.05, 3.63) is 17.2 Å². The van der Waals surface area contributed by atoms with Gasteiger partial charge in [0.25, 0.3) is 0 Å². The zero-order valence-electron chi connectivity index (χ0n) is 12.6. The maximum Gasteiger partial charge on any atom is 0.237 e. The lowest BCUT2D eigenvalue weighted by Crippen LogP contribution is -2.42. The zero-order valence-corrected chi connectivity index (χ0v) is 12.6. The molecular formula is C14H25N5O. The Kier molecular flexibility index (Phi) is 4.77. The second kappa shape index (κ2) is 6.37. The molecule has 0 spiro atoms. The van der Waals surface area contributed by atoms with E-state index in [1.807, 2.05) is 13.8 Å². The summed E-state index contributed by atoms with van der Waals surface area (Å²) in [6.45, 7) is 8.11. The number of nitrogens with zero attached hydrogens (tertiary/aromatic N) is 2. The van der Waals surface area contributed by atoms with Crippen molar-refractivity contribution in [1.29, 1.82) is 0 Å². The van der Waals surface area contributed by atoms with E-state index in [1.54, 1.807) is 0 Å². The van der Waals surface area contributed by atoms with E-state index < -0.39 is 0 Å². The maximum absolute atomic E-state index is 12.1. The Morgan fingerprint density at radius 1 is 1.55 bits per heavy atom. The number of hydrogen-bond acceptors (Lipinski definition) is 4. The van der Waals surface area contributed by atoms with E-state index in [1.165, 1.54) is 0 Å². The Bertz CT molecular complexity index is 470. The highest BCUT2D eigenvalue weighted by Crippen LogP contribution is 2.20. The molecule has 0 bridgehead atoms. The van der Waals surface area contributed by atoms with E-state index in [9.17, 15) is 4.79 Å². The molecule has 1 saturated heterocycles. The molecule has 0 saturated carbocycles. The number of nitrogens with two attached hydrogens (primary N) is 1. The number of amides is 1. The van der Waals surface area contributed by atoms with Crippen LogP contribution in [-0.2, 0) is 17.8 Å². The molecule has 0 unspecified atom stereocenters. The summed E-state index contributed by atoms with van der Waals surface area (Å²) in [5.74, 6) is 1.07. The van der Waals surface area contributed by atoms with Gasteiger partial charge < -0.3 is 16.0 Å². The molecule has 6 nitrogen and oxygen atoms in total. The van der Waals surface area contributed by atoms with Gasteiger partial charge in [-0.2, -0.15) is 0 Å². The van der Waals surface area contributed by atoms with Gasteiger partial charge in [0.2, 0.25) is 5.91 Å². The number of H-pyrrole nitrogens is 1. The van der Waals surface area contributed by atoms with Crippen molar-refractivity contribution in [2.75, 3.05) is 13.1 Å². The summed E-state index contributed by atoms with van der Waals surface area (Å²) >= 11 is 0. The summed E-state index contributed by atoms with van der Waals surface area (Å²) in [7, 11) is 0. The molecule has 1 fully saturated rings. The van der Waals surface area contributed by atoms with Gasteiger partial charge in [-0.25, -0.2) is 4.98 Å². The second-order valence-electron chi connectivity index (χ2n) is 5.44. The van der Waals surface area contributed by atoms with Gasteiger partial charge >= 0.3 is 0 Å². The minimum Gasteiger partial charge on any atom is -0.355 e. The van der Waals surface area contributed by atoms with Crippen molar-refractivity contribution in [1.82, 2.24) is 20.2 Å². The Balaban J connectivity index is 2.09. The standard InChI is InChI=1S/C14H25N5O/c1-4-13-17-9(3)11(18-13)8-19-7-10(15)6-12(19)14(20)16-5-2/h10,12H,4-8,15H2,1-3H3,(H,16,20)(H,17,18)/t10-,12-/m0/s1. The normalized spacial score (nSPS) is 23.2. The molecule has 6 heteroatoms. The molecule has 0 aliphatic carbocycles. The molecule has 4 N–H and O–H groups in total. The third kappa shape index (κ3) is 3.19. The first-order valence-electron chi connectivity index (χ1n) is 7.36. The number of likely N-dealkylation sites (N-methyl/N-ethyl adjacent to an activating group) is 1. The number of carbonyl (C=O) groups is 1. The van der Waals surface area contributed by atoms with E-state index in [-0.39, 0.29) is 18.0 Å². The fourth-order valence-electron chi connectivity index (χ4n) is 2.76. The molecule has 1 aromatic heterocycles. The summed E-state index contributed by atoms with van der Waals surface area (Å²) in [5.41, 5.74) is 8.12. The van der Waals surface area contributed by atoms with Crippen LogP contribution in [-0.4, -0.2) is 45.9 Å². The van der Waals surface area contributed by atoms with Crippen LogP contribution in [0.3, 0.4) is 0 Å². The molecule has 112 valence electrons. The summed E-state index contributed by atoms with van der Waals surface area (Å²) in [6, 6.07) is -0.0707. The van der Waals surface area contributed by atoms with Crippen LogP contribution >= 0.6 is 0 Å². The van der Waals surface area contributed by atoms with Gasteiger partial charge in [-0.3, -0.25) is 9.69 Å². The molecule has 0 radical (unpaired) electrons. The maximum atomic E-state index is 12.1. The third-order valence-corrected chi connectivity index (χ3v) is 3.81. The lowest BCUT2D eigenvalue weighted by atomic mass is 10.1. The molecule has 2 heterocycles. The summed E-state index contributed by atoms with van der Waals surface area (Å²) < 4.78 is 0. The van der Waals surface area contributed by atoms with Gasteiger partial charge in [-0.15, -0.1) is 0 Å². The van der Waals surface area contributed by atoms with Crippen molar-refractivity contribution in [3.8, 4) is 0 Å².